The first-order chi connectivity index (χ1) is 11.1. The third-order valence-electron chi connectivity index (χ3n) is 4.10. The van der Waals surface area contributed by atoms with Gasteiger partial charge in [-0.15, -0.1) is 17.0 Å². The summed E-state index contributed by atoms with van der Waals surface area (Å²) in [7, 11) is 3.95. The predicted octanol–water partition coefficient (Wildman–Crippen LogP) is 6.09. The maximum absolute atomic E-state index is 11.7. The van der Waals surface area contributed by atoms with Gasteiger partial charge < -0.3 is 15.8 Å². The predicted molar refractivity (Wildman–Crippen MR) is 115 cm³/mol. The van der Waals surface area contributed by atoms with E-state index in [0.29, 0.717) is 6.61 Å². The normalized spacial score (nSPS) is 11.0. The lowest BCUT2D eigenvalue weighted by molar-refractivity contribution is -0.139. The van der Waals surface area contributed by atoms with E-state index in [1.807, 2.05) is 32.0 Å². The van der Waals surface area contributed by atoms with Crippen LogP contribution in [0.25, 0.3) is 0 Å². The van der Waals surface area contributed by atoms with Crippen molar-refractivity contribution in [2.45, 2.75) is 84.5 Å². The highest BCUT2D eigenvalue weighted by Gasteiger charge is 2.05. The molecule has 25 heavy (non-hydrogen) atoms. The second kappa shape index (κ2) is 21.7. The van der Waals surface area contributed by atoms with Crippen molar-refractivity contribution in [3.05, 3.63) is 11.6 Å². The van der Waals surface area contributed by atoms with E-state index in [2.05, 4.69) is 6.92 Å². The van der Waals surface area contributed by atoms with Crippen molar-refractivity contribution in [3.63, 3.8) is 0 Å². The standard InChI is InChI=1S/C20H39NO2.BrH.H3N/c1-5-6-7-8-9-10-11-12-13-14-15-16-19(2)20(22)23-18-17-21(3)4;;/h16H,5-15,17-18H2,1-4H3;1H;1H3. The molecule has 0 rings (SSSR count). The maximum atomic E-state index is 11.7. The number of likely N-dealkylation sites (N-methyl/N-ethyl adjacent to an activating group) is 1. The summed E-state index contributed by atoms with van der Waals surface area (Å²) in [5, 5.41) is 0. The molecular weight excluding hydrogens is 380 g/mol. The maximum Gasteiger partial charge on any atom is 0.333 e. The average Bonchev–Trinajstić information content (AvgIpc) is 2.51. The number of hydrogen-bond donors (Lipinski definition) is 1. The summed E-state index contributed by atoms with van der Waals surface area (Å²) in [4.78, 5) is 13.7. The van der Waals surface area contributed by atoms with Crippen molar-refractivity contribution < 1.29 is 9.53 Å². The van der Waals surface area contributed by atoms with E-state index in [-0.39, 0.29) is 29.1 Å². The summed E-state index contributed by atoms with van der Waals surface area (Å²) >= 11 is 0. The SMILES string of the molecule is Br.CCCCCCCCCCCCC=C(C)C(=O)OCCN(C)C.N. The average molecular weight is 423 g/mol. The van der Waals surface area contributed by atoms with Gasteiger partial charge in [-0.3, -0.25) is 0 Å². The fraction of sp³-hybridized carbons (Fsp3) is 0.850. The molecule has 0 aromatic rings. The zero-order valence-corrected chi connectivity index (χ0v) is 18.9. The second-order valence-corrected chi connectivity index (χ2v) is 6.80. The molecule has 4 nitrogen and oxygen atoms in total. The van der Waals surface area contributed by atoms with E-state index in [4.69, 9.17) is 4.74 Å². The molecule has 0 bridgehead atoms. The van der Waals surface area contributed by atoms with Crippen molar-refractivity contribution in [3.8, 4) is 0 Å². The quantitative estimate of drug-likeness (QED) is 0.197. The van der Waals surface area contributed by atoms with E-state index >= 15 is 0 Å². The molecule has 0 amide bonds. The molecule has 0 radical (unpaired) electrons. The molecule has 5 heteroatoms. The number of carbonyl (C=O) groups excluding carboxylic acids is 1. The number of esters is 1. The Morgan fingerprint density at radius 2 is 1.40 bits per heavy atom. The molecule has 0 aliphatic rings. The Balaban J connectivity index is -0.00000242. The smallest absolute Gasteiger partial charge is 0.333 e. The van der Waals surface area contributed by atoms with Gasteiger partial charge in [0.2, 0.25) is 0 Å². The summed E-state index contributed by atoms with van der Waals surface area (Å²) in [6.45, 7) is 5.36. The first-order valence-electron chi connectivity index (χ1n) is 9.56. The number of ether oxygens (including phenoxy) is 1. The van der Waals surface area contributed by atoms with Crippen molar-refractivity contribution in [2.75, 3.05) is 27.2 Å². The lowest BCUT2D eigenvalue weighted by Crippen LogP contribution is -2.20. The van der Waals surface area contributed by atoms with Crippen LogP contribution in [-0.4, -0.2) is 38.1 Å². The van der Waals surface area contributed by atoms with E-state index in [0.717, 1.165) is 18.5 Å². The van der Waals surface area contributed by atoms with Gasteiger partial charge in [0, 0.05) is 12.1 Å². The molecular formula is C20H43BrN2O2. The van der Waals surface area contributed by atoms with Gasteiger partial charge in [-0.05, 0) is 33.9 Å². The first-order valence-corrected chi connectivity index (χ1v) is 9.56. The van der Waals surface area contributed by atoms with Gasteiger partial charge in [0.15, 0.2) is 0 Å². The van der Waals surface area contributed by atoms with Crippen LogP contribution in [-0.2, 0) is 9.53 Å². The van der Waals surface area contributed by atoms with Crippen LogP contribution in [0.2, 0.25) is 0 Å². The van der Waals surface area contributed by atoms with E-state index in [1.165, 1.54) is 64.2 Å². The lowest BCUT2D eigenvalue weighted by atomic mass is 10.1. The Labute approximate surface area is 167 Å². The number of nitrogens with zero attached hydrogens (tertiary/aromatic N) is 1. The molecule has 0 aromatic carbocycles. The fourth-order valence-electron chi connectivity index (χ4n) is 2.47. The number of rotatable bonds is 15. The summed E-state index contributed by atoms with van der Waals surface area (Å²) in [5.74, 6) is -0.168. The van der Waals surface area contributed by atoms with E-state index in [9.17, 15) is 4.79 Å². The van der Waals surface area contributed by atoms with Crippen LogP contribution in [0.15, 0.2) is 11.6 Å². The van der Waals surface area contributed by atoms with Gasteiger partial charge in [0.25, 0.3) is 0 Å². The third kappa shape index (κ3) is 21.6. The monoisotopic (exact) mass is 422 g/mol. The van der Waals surface area contributed by atoms with Crippen LogP contribution < -0.4 is 6.15 Å². The van der Waals surface area contributed by atoms with Gasteiger partial charge in [0.1, 0.15) is 6.61 Å². The summed E-state index contributed by atoms with van der Waals surface area (Å²) in [6.07, 6.45) is 16.5. The Bertz CT molecular complexity index is 321. The highest BCUT2D eigenvalue weighted by Crippen LogP contribution is 2.12. The zero-order chi connectivity index (χ0) is 17.3. The van der Waals surface area contributed by atoms with Crippen LogP contribution in [0.3, 0.4) is 0 Å². The zero-order valence-electron chi connectivity index (χ0n) is 17.1. The van der Waals surface area contributed by atoms with Crippen molar-refractivity contribution in [1.82, 2.24) is 11.1 Å². The van der Waals surface area contributed by atoms with Crippen molar-refractivity contribution >= 4 is 23.0 Å². The Morgan fingerprint density at radius 1 is 0.920 bits per heavy atom. The molecule has 3 N–H and O–H groups in total. The molecule has 0 saturated heterocycles. The number of unbranched alkanes of at least 4 members (excludes halogenated alkanes) is 10. The summed E-state index contributed by atoms with van der Waals surface area (Å²) < 4.78 is 5.22. The molecule has 0 aliphatic carbocycles. The minimum absolute atomic E-state index is 0. The molecule has 0 heterocycles. The molecule has 0 atom stereocenters. The molecule has 0 spiro atoms. The Kier molecular flexibility index (Phi) is 25.4. The molecule has 0 aliphatic heterocycles. The molecule has 0 saturated carbocycles. The largest absolute Gasteiger partial charge is 0.461 e. The number of allylic oxidation sites excluding steroid dienone is 1. The van der Waals surface area contributed by atoms with Crippen LogP contribution >= 0.6 is 17.0 Å². The van der Waals surface area contributed by atoms with Gasteiger partial charge in [-0.25, -0.2) is 4.79 Å². The fourth-order valence-corrected chi connectivity index (χ4v) is 2.47. The minimum Gasteiger partial charge on any atom is -0.461 e. The number of halogens is 1. The van der Waals surface area contributed by atoms with Gasteiger partial charge >= 0.3 is 5.97 Å². The summed E-state index contributed by atoms with van der Waals surface area (Å²) in [6, 6.07) is 0. The van der Waals surface area contributed by atoms with Crippen LogP contribution in [0.1, 0.15) is 84.5 Å². The molecule has 0 aromatic heterocycles. The Morgan fingerprint density at radius 3 is 1.88 bits per heavy atom. The van der Waals surface area contributed by atoms with E-state index < -0.39 is 0 Å². The highest BCUT2D eigenvalue weighted by molar-refractivity contribution is 8.93. The molecule has 0 fully saturated rings. The van der Waals surface area contributed by atoms with Gasteiger partial charge in [-0.2, -0.15) is 0 Å². The second-order valence-electron chi connectivity index (χ2n) is 6.80. The molecule has 152 valence electrons. The van der Waals surface area contributed by atoms with Crippen molar-refractivity contribution in [2.24, 2.45) is 0 Å². The van der Waals surface area contributed by atoms with Crippen LogP contribution in [0, 0.1) is 0 Å². The number of carbonyl (C=O) groups is 1. The number of hydrogen-bond acceptors (Lipinski definition) is 4. The van der Waals surface area contributed by atoms with Crippen LogP contribution in [0.4, 0.5) is 0 Å². The van der Waals surface area contributed by atoms with Gasteiger partial charge in [0.05, 0.1) is 0 Å². The molecule has 0 unspecified atom stereocenters. The first kappa shape index (κ1) is 29.4. The summed E-state index contributed by atoms with van der Waals surface area (Å²) in [5.41, 5.74) is 0.750. The lowest BCUT2D eigenvalue weighted by Gasteiger charge is -2.10. The third-order valence-corrected chi connectivity index (χ3v) is 4.10. The van der Waals surface area contributed by atoms with Crippen molar-refractivity contribution in [1.29, 1.82) is 0 Å². The topological polar surface area (TPSA) is 64.5 Å². The highest BCUT2D eigenvalue weighted by atomic mass is 79.9. The minimum atomic E-state index is -0.168. The Hall–Kier alpha value is -0.390. The van der Waals surface area contributed by atoms with Gasteiger partial charge in [-0.1, -0.05) is 70.8 Å². The van der Waals surface area contributed by atoms with E-state index in [1.54, 1.807) is 0 Å². The van der Waals surface area contributed by atoms with Crippen LogP contribution in [0.5, 0.6) is 0 Å².